The van der Waals surface area contributed by atoms with E-state index >= 15 is 0 Å². The molecule has 0 saturated heterocycles. The average Bonchev–Trinajstić information content (AvgIpc) is 2.78. The molecule has 0 spiro atoms. The molecule has 1 saturated carbocycles. The lowest BCUT2D eigenvalue weighted by Gasteiger charge is -2.23. The van der Waals surface area contributed by atoms with Crippen molar-refractivity contribution in [2.24, 2.45) is 11.8 Å². The van der Waals surface area contributed by atoms with Crippen LogP contribution in [0.15, 0.2) is 24.3 Å². The molecule has 1 aromatic carbocycles. The van der Waals surface area contributed by atoms with E-state index in [-0.39, 0.29) is 18.5 Å². The molecule has 0 heterocycles. The Morgan fingerprint density at radius 2 is 1.70 bits per heavy atom. The number of rotatable bonds is 5. The first-order valence-corrected chi connectivity index (χ1v) is 8.46. The van der Waals surface area contributed by atoms with E-state index in [0.29, 0.717) is 24.8 Å². The summed E-state index contributed by atoms with van der Waals surface area (Å²) in [6.45, 7) is 0.403. The Bertz CT molecular complexity index is 554. The highest BCUT2D eigenvalue weighted by Gasteiger charge is 2.39. The summed E-state index contributed by atoms with van der Waals surface area (Å²) in [7, 11) is 0. The van der Waals surface area contributed by atoms with E-state index in [1.165, 1.54) is 24.0 Å². The molecule has 124 valence electrons. The lowest BCUT2D eigenvalue weighted by molar-refractivity contribution is -0.137. The first kappa shape index (κ1) is 15.8. The summed E-state index contributed by atoms with van der Waals surface area (Å²) in [5.74, 6) is 0.189. The number of nitrogens with one attached hydrogen (secondary N) is 2. The Morgan fingerprint density at radius 1 is 1.09 bits per heavy atom. The zero-order chi connectivity index (χ0) is 16.2. The van der Waals surface area contributed by atoms with E-state index in [1.54, 1.807) is 0 Å². The number of aliphatic carboxylic acids is 1. The molecule has 1 aromatic rings. The van der Waals surface area contributed by atoms with Crippen molar-refractivity contribution in [1.29, 1.82) is 0 Å². The molecule has 2 atom stereocenters. The Balaban J connectivity index is 1.55. The second-order valence-corrected chi connectivity index (χ2v) is 6.70. The van der Waals surface area contributed by atoms with Crippen LogP contribution in [0.25, 0.3) is 0 Å². The number of fused-ring (bicyclic) bond motifs is 3. The maximum atomic E-state index is 12.1. The third-order valence-corrected chi connectivity index (χ3v) is 5.16. The number of carbonyl (C=O) groups is 2. The monoisotopic (exact) mass is 316 g/mol. The molecule has 23 heavy (non-hydrogen) atoms. The fraction of sp³-hybridized carbons (Fsp3) is 0.556. The fourth-order valence-corrected chi connectivity index (χ4v) is 4.03. The van der Waals surface area contributed by atoms with E-state index in [2.05, 4.69) is 34.9 Å². The van der Waals surface area contributed by atoms with Gasteiger partial charge in [-0.2, -0.15) is 0 Å². The smallest absolute Gasteiger partial charge is 0.315 e. The number of amides is 2. The molecule has 2 amide bonds. The average molecular weight is 316 g/mol. The fourth-order valence-electron chi connectivity index (χ4n) is 4.03. The van der Waals surface area contributed by atoms with Crippen LogP contribution in [0.5, 0.6) is 0 Å². The number of hydrogen-bond donors (Lipinski definition) is 3. The van der Waals surface area contributed by atoms with Gasteiger partial charge >= 0.3 is 12.0 Å². The van der Waals surface area contributed by atoms with Gasteiger partial charge in [-0.1, -0.05) is 24.3 Å². The minimum atomic E-state index is -0.827. The molecule has 3 N–H and O–H groups in total. The molecule has 2 bridgehead atoms. The van der Waals surface area contributed by atoms with Crippen LogP contribution < -0.4 is 10.6 Å². The van der Waals surface area contributed by atoms with Crippen LogP contribution in [0.3, 0.4) is 0 Å². The van der Waals surface area contributed by atoms with Gasteiger partial charge in [-0.05, 0) is 55.1 Å². The van der Waals surface area contributed by atoms with E-state index in [9.17, 15) is 9.59 Å². The standard InChI is InChI=1S/C18H24N2O3/c21-16(22)6-3-9-19-18(23)20-17-14-7-8-15(17)11-13-5-2-1-4-12(13)10-14/h1-2,4-5,14-15,17H,3,6-11H2,(H,21,22)(H2,19,20,23). The normalized spacial score (nSPS) is 25.3. The molecule has 3 rings (SSSR count). The van der Waals surface area contributed by atoms with Crippen LogP contribution in [0, 0.1) is 11.8 Å². The molecule has 2 unspecified atom stereocenters. The number of carboxylic acid groups (broad SMARTS) is 1. The number of carbonyl (C=O) groups excluding carboxylic acids is 1. The third-order valence-electron chi connectivity index (χ3n) is 5.16. The van der Waals surface area contributed by atoms with Gasteiger partial charge in [0.15, 0.2) is 0 Å². The van der Waals surface area contributed by atoms with Gasteiger partial charge in [0.05, 0.1) is 0 Å². The molecule has 2 aliphatic carbocycles. The van der Waals surface area contributed by atoms with Gasteiger partial charge in [0.1, 0.15) is 0 Å². The Kier molecular flexibility index (Phi) is 4.84. The van der Waals surface area contributed by atoms with Crippen molar-refractivity contribution in [2.75, 3.05) is 6.54 Å². The minimum absolute atomic E-state index is 0.0876. The van der Waals surface area contributed by atoms with Crippen LogP contribution in [0.1, 0.15) is 36.8 Å². The zero-order valence-electron chi connectivity index (χ0n) is 13.3. The highest BCUT2D eigenvalue weighted by molar-refractivity contribution is 5.74. The second kappa shape index (κ2) is 7.02. The van der Waals surface area contributed by atoms with Crippen LogP contribution in [0.2, 0.25) is 0 Å². The number of urea groups is 1. The Hall–Kier alpha value is -2.04. The molecule has 0 radical (unpaired) electrons. The number of benzene rings is 1. The summed E-state index contributed by atoms with van der Waals surface area (Å²) in [4.78, 5) is 22.6. The predicted octanol–water partition coefficient (Wildman–Crippen LogP) is 2.34. The third kappa shape index (κ3) is 3.84. The minimum Gasteiger partial charge on any atom is -0.481 e. The predicted molar refractivity (Wildman–Crippen MR) is 87.3 cm³/mol. The van der Waals surface area contributed by atoms with E-state index in [0.717, 1.165) is 12.8 Å². The van der Waals surface area contributed by atoms with Crippen molar-refractivity contribution in [3.8, 4) is 0 Å². The molecular formula is C18H24N2O3. The highest BCUT2D eigenvalue weighted by atomic mass is 16.4. The van der Waals surface area contributed by atoms with Crippen molar-refractivity contribution in [3.63, 3.8) is 0 Å². The van der Waals surface area contributed by atoms with Gasteiger partial charge in [0.2, 0.25) is 0 Å². The zero-order valence-corrected chi connectivity index (χ0v) is 13.3. The summed E-state index contributed by atoms with van der Waals surface area (Å²) in [6, 6.07) is 8.66. The van der Waals surface area contributed by atoms with Crippen LogP contribution in [-0.4, -0.2) is 29.7 Å². The Morgan fingerprint density at radius 3 is 2.26 bits per heavy atom. The quantitative estimate of drug-likeness (QED) is 0.730. The van der Waals surface area contributed by atoms with Crippen molar-refractivity contribution in [3.05, 3.63) is 35.4 Å². The molecule has 1 fully saturated rings. The van der Waals surface area contributed by atoms with Crippen molar-refractivity contribution in [1.82, 2.24) is 10.6 Å². The van der Waals surface area contributed by atoms with Crippen molar-refractivity contribution < 1.29 is 14.7 Å². The summed E-state index contributed by atoms with van der Waals surface area (Å²) < 4.78 is 0. The van der Waals surface area contributed by atoms with Crippen LogP contribution >= 0.6 is 0 Å². The maximum Gasteiger partial charge on any atom is 0.315 e. The molecule has 5 heteroatoms. The largest absolute Gasteiger partial charge is 0.481 e. The molecule has 0 aliphatic heterocycles. The number of hydrogen-bond acceptors (Lipinski definition) is 2. The summed E-state index contributed by atoms with van der Waals surface area (Å²) >= 11 is 0. The SMILES string of the molecule is O=C(O)CCCNC(=O)NC1C2CCC1Cc1ccccc1C2. The van der Waals surface area contributed by atoms with Gasteiger partial charge in [-0.15, -0.1) is 0 Å². The van der Waals surface area contributed by atoms with Crippen molar-refractivity contribution >= 4 is 12.0 Å². The first-order chi connectivity index (χ1) is 11.1. The molecule has 2 aliphatic rings. The lowest BCUT2D eigenvalue weighted by Crippen LogP contribution is -2.47. The summed E-state index contributed by atoms with van der Waals surface area (Å²) in [5, 5.41) is 14.5. The summed E-state index contributed by atoms with van der Waals surface area (Å²) in [6.07, 6.45) is 4.97. The van der Waals surface area contributed by atoms with Gasteiger partial charge in [0, 0.05) is 19.0 Å². The van der Waals surface area contributed by atoms with Gasteiger partial charge in [-0.25, -0.2) is 4.79 Å². The molecular weight excluding hydrogens is 292 g/mol. The maximum absolute atomic E-state index is 12.1. The Labute approximate surface area is 136 Å². The van der Waals surface area contributed by atoms with Gasteiger partial charge in [0.25, 0.3) is 0 Å². The van der Waals surface area contributed by atoms with Crippen LogP contribution in [-0.2, 0) is 17.6 Å². The second-order valence-electron chi connectivity index (χ2n) is 6.70. The number of carboxylic acids is 1. The van der Waals surface area contributed by atoms with Gasteiger partial charge < -0.3 is 15.7 Å². The molecule has 5 nitrogen and oxygen atoms in total. The highest BCUT2D eigenvalue weighted by Crippen LogP contribution is 2.39. The topological polar surface area (TPSA) is 78.4 Å². The first-order valence-electron chi connectivity index (χ1n) is 8.46. The van der Waals surface area contributed by atoms with Crippen LogP contribution in [0.4, 0.5) is 4.79 Å². The van der Waals surface area contributed by atoms with Crippen molar-refractivity contribution in [2.45, 2.75) is 44.6 Å². The summed E-state index contributed by atoms with van der Waals surface area (Å²) in [5.41, 5.74) is 2.85. The van der Waals surface area contributed by atoms with E-state index in [1.807, 2.05) is 0 Å². The lowest BCUT2D eigenvalue weighted by atomic mass is 9.94. The van der Waals surface area contributed by atoms with E-state index in [4.69, 9.17) is 5.11 Å². The van der Waals surface area contributed by atoms with E-state index < -0.39 is 5.97 Å². The van der Waals surface area contributed by atoms with Gasteiger partial charge in [-0.3, -0.25) is 4.79 Å². The molecule has 0 aromatic heterocycles.